The van der Waals surface area contributed by atoms with Crippen LogP contribution in [-0.2, 0) is 6.42 Å². The van der Waals surface area contributed by atoms with E-state index < -0.39 is 0 Å². The Bertz CT molecular complexity index is 500. The molecule has 2 nitrogen and oxygen atoms in total. The fourth-order valence-corrected chi connectivity index (χ4v) is 1.73. The molecule has 0 fully saturated rings. The van der Waals surface area contributed by atoms with Gasteiger partial charge in [-0.25, -0.2) is 0 Å². The summed E-state index contributed by atoms with van der Waals surface area (Å²) in [5.74, 6) is 0. The largest absolute Gasteiger partial charge is 0.411 e. The van der Waals surface area contributed by atoms with E-state index in [0.717, 1.165) is 11.1 Å². The first-order valence-corrected chi connectivity index (χ1v) is 5.61. The first-order chi connectivity index (χ1) is 8.29. The van der Waals surface area contributed by atoms with Gasteiger partial charge in [-0.3, -0.25) is 0 Å². The lowest BCUT2D eigenvalue weighted by Crippen LogP contribution is -2.05. The maximum atomic E-state index is 9.10. The van der Waals surface area contributed by atoms with Gasteiger partial charge in [0.15, 0.2) is 0 Å². The zero-order valence-electron chi connectivity index (χ0n) is 9.80. The van der Waals surface area contributed by atoms with Crippen LogP contribution in [0.3, 0.4) is 0 Å². The van der Waals surface area contributed by atoms with E-state index >= 15 is 0 Å². The van der Waals surface area contributed by atoms with Gasteiger partial charge in [-0.2, -0.15) is 0 Å². The van der Waals surface area contributed by atoms with E-state index in [-0.39, 0.29) is 0 Å². The Labute approximate surface area is 101 Å². The minimum Gasteiger partial charge on any atom is -0.411 e. The van der Waals surface area contributed by atoms with Crippen LogP contribution in [0.5, 0.6) is 0 Å². The van der Waals surface area contributed by atoms with Crippen LogP contribution < -0.4 is 0 Å². The van der Waals surface area contributed by atoms with Crippen molar-refractivity contribution in [3.05, 3.63) is 71.3 Å². The van der Waals surface area contributed by atoms with E-state index in [9.17, 15) is 0 Å². The predicted octanol–water partition coefficient (Wildman–Crippen LogP) is 3.42. The fourth-order valence-electron chi connectivity index (χ4n) is 1.73. The predicted molar refractivity (Wildman–Crippen MR) is 69.6 cm³/mol. The molecule has 0 spiro atoms. The number of hydrogen-bond donors (Lipinski definition) is 1. The van der Waals surface area contributed by atoms with Crippen LogP contribution in [0.15, 0.2) is 59.8 Å². The highest BCUT2D eigenvalue weighted by atomic mass is 16.4. The number of nitrogens with zero attached hydrogens (tertiary/aromatic N) is 1. The number of hydrogen-bond acceptors (Lipinski definition) is 2. The van der Waals surface area contributed by atoms with Gasteiger partial charge in [0.1, 0.15) is 0 Å². The Balaban J connectivity index is 2.21. The van der Waals surface area contributed by atoms with Crippen molar-refractivity contribution in [3.8, 4) is 0 Å². The van der Waals surface area contributed by atoms with Crippen LogP contribution >= 0.6 is 0 Å². The monoisotopic (exact) mass is 225 g/mol. The quantitative estimate of drug-likeness (QED) is 0.484. The van der Waals surface area contributed by atoms with Gasteiger partial charge in [-0.05, 0) is 18.1 Å². The minimum absolute atomic E-state index is 0.639. The van der Waals surface area contributed by atoms with Gasteiger partial charge >= 0.3 is 0 Å². The molecule has 0 aromatic heterocycles. The maximum absolute atomic E-state index is 9.10. The second-order valence-corrected chi connectivity index (χ2v) is 4.08. The summed E-state index contributed by atoms with van der Waals surface area (Å²) in [6.45, 7) is 2.04. The van der Waals surface area contributed by atoms with Crippen molar-refractivity contribution in [3.63, 3.8) is 0 Å². The molecule has 0 heterocycles. The van der Waals surface area contributed by atoms with Crippen LogP contribution in [0.1, 0.15) is 16.7 Å². The van der Waals surface area contributed by atoms with Crippen LogP contribution in [0, 0.1) is 6.92 Å². The maximum Gasteiger partial charge on any atom is 0.0911 e. The highest BCUT2D eigenvalue weighted by Gasteiger charge is 2.05. The fraction of sp³-hybridized carbons (Fsp3) is 0.133. The van der Waals surface area contributed by atoms with E-state index in [4.69, 9.17) is 5.21 Å². The standard InChI is InChI=1S/C15H15NO/c1-12-7-9-14(10-8-12)15(16-17)11-13-5-3-2-4-6-13/h2-10,17H,11H2,1H3/b16-15-. The second-order valence-electron chi connectivity index (χ2n) is 4.08. The van der Waals surface area contributed by atoms with Gasteiger partial charge in [0, 0.05) is 6.42 Å². The van der Waals surface area contributed by atoms with Crippen LogP contribution in [0.25, 0.3) is 0 Å². The van der Waals surface area contributed by atoms with E-state index in [0.29, 0.717) is 12.1 Å². The van der Waals surface area contributed by atoms with Gasteiger partial charge in [0.2, 0.25) is 0 Å². The summed E-state index contributed by atoms with van der Waals surface area (Å²) >= 11 is 0. The van der Waals surface area contributed by atoms with Crippen molar-refractivity contribution in [1.29, 1.82) is 0 Å². The van der Waals surface area contributed by atoms with Gasteiger partial charge in [-0.15, -0.1) is 0 Å². The summed E-state index contributed by atoms with van der Waals surface area (Å²) in [5, 5.41) is 12.5. The summed E-state index contributed by atoms with van der Waals surface area (Å²) in [6, 6.07) is 18.0. The molecule has 0 aliphatic rings. The SMILES string of the molecule is Cc1ccc(/C(Cc2ccccc2)=N\O)cc1. The summed E-state index contributed by atoms with van der Waals surface area (Å²) in [5.41, 5.74) is 3.99. The molecule has 2 aromatic carbocycles. The molecule has 0 radical (unpaired) electrons. The summed E-state index contributed by atoms with van der Waals surface area (Å²) < 4.78 is 0. The zero-order valence-corrected chi connectivity index (χ0v) is 9.80. The molecule has 0 saturated heterocycles. The van der Waals surface area contributed by atoms with Crippen molar-refractivity contribution in [2.45, 2.75) is 13.3 Å². The van der Waals surface area contributed by atoms with E-state index in [1.165, 1.54) is 5.56 Å². The number of aryl methyl sites for hydroxylation is 1. The first kappa shape index (κ1) is 11.4. The minimum atomic E-state index is 0.639. The lowest BCUT2D eigenvalue weighted by molar-refractivity contribution is 0.318. The number of benzene rings is 2. The third-order valence-corrected chi connectivity index (χ3v) is 2.72. The molecule has 2 heteroatoms. The highest BCUT2D eigenvalue weighted by molar-refractivity contribution is 6.01. The summed E-state index contributed by atoms with van der Waals surface area (Å²) in [6.07, 6.45) is 0.639. The summed E-state index contributed by atoms with van der Waals surface area (Å²) in [4.78, 5) is 0. The molecule has 1 N–H and O–H groups in total. The molecule has 86 valence electrons. The normalized spacial score (nSPS) is 11.5. The molecule has 2 rings (SSSR count). The van der Waals surface area contributed by atoms with E-state index in [1.807, 2.05) is 61.5 Å². The lowest BCUT2D eigenvalue weighted by atomic mass is 10.0. The molecule has 0 aliphatic heterocycles. The number of rotatable bonds is 3. The molecule has 0 saturated carbocycles. The first-order valence-electron chi connectivity index (χ1n) is 5.61. The van der Waals surface area contributed by atoms with Crippen molar-refractivity contribution in [1.82, 2.24) is 0 Å². The van der Waals surface area contributed by atoms with Gasteiger partial charge < -0.3 is 5.21 Å². The molecule has 0 bridgehead atoms. The Morgan fingerprint density at radius 1 is 1.00 bits per heavy atom. The third kappa shape index (κ3) is 2.94. The van der Waals surface area contributed by atoms with Gasteiger partial charge in [0.25, 0.3) is 0 Å². The Morgan fingerprint density at radius 2 is 1.65 bits per heavy atom. The molecule has 0 unspecified atom stereocenters. The average molecular weight is 225 g/mol. The smallest absolute Gasteiger partial charge is 0.0911 e. The second kappa shape index (κ2) is 5.30. The Kier molecular flexibility index (Phi) is 3.55. The molecule has 2 aromatic rings. The summed E-state index contributed by atoms with van der Waals surface area (Å²) in [7, 11) is 0. The average Bonchev–Trinajstić information content (AvgIpc) is 2.38. The Morgan fingerprint density at radius 3 is 2.24 bits per heavy atom. The third-order valence-electron chi connectivity index (χ3n) is 2.72. The highest BCUT2D eigenvalue weighted by Crippen LogP contribution is 2.09. The van der Waals surface area contributed by atoms with Gasteiger partial charge in [-0.1, -0.05) is 65.3 Å². The lowest BCUT2D eigenvalue weighted by Gasteiger charge is -2.05. The topological polar surface area (TPSA) is 32.6 Å². The molecule has 0 aliphatic carbocycles. The van der Waals surface area contributed by atoms with Crippen LogP contribution in [0.4, 0.5) is 0 Å². The van der Waals surface area contributed by atoms with Crippen LogP contribution in [0.2, 0.25) is 0 Å². The molecular formula is C15H15NO. The van der Waals surface area contributed by atoms with E-state index in [1.54, 1.807) is 0 Å². The van der Waals surface area contributed by atoms with Crippen molar-refractivity contribution in [2.24, 2.45) is 5.16 Å². The van der Waals surface area contributed by atoms with E-state index in [2.05, 4.69) is 5.16 Å². The molecule has 0 amide bonds. The van der Waals surface area contributed by atoms with Crippen molar-refractivity contribution >= 4 is 5.71 Å². The molecule has 0 atom stereocenters. The Hall–Kier alpha value is -2.09. The molecule has 17 heavy (non-hydrogen) atoms. The van der Waals surface area contributed by atoms with Crippen LogP contribution in [-0.4, -0.2) is 10.9 Å². The van der Waals surface area contributed by atoms with Crippen molar-refractivity contribution < 1.29 is 5.21 Å². The van der Waals surface area contributed by atoms with Gasteiger partial charge in [0.05, 0.1) is 5.71 Å². The zero-order chi connectivity index (χ0) is 12.1. The van der Waals surface area contributed by atoms with Crippen molar-refractivity contribution in [2.75, 3.05) is 0 Å². The number of oxime groups is 1. The molecular weight excluding hydrogens is 210 g/mol.